The number of hydrogen-bond donors (Lipinski definition) is 2. The van der Waals surface area contributed by atoms with E-state index in [1.807, 2.05) is 35.9 Å². The van der Waals surface area contributed by atoms with Gasteiger partial charge in [-0.1, -0.05) is 30.3 Å². The molecule has 0 saturated carbocycles. The van der Waals surface area contributed by atoms with Crippen LogP contribution in [0.2, 0.25) is 0 Å². The number of carbonyl (C=O) groups excluding carboxylic acids is 2. The number of phenolic OH excluding ortho intramolecular Hbond substituents is 1. The summed E-state index contributed by atoms with van der Waals surface area (Å²) in [6.07, 6.45) is 2.28. The third-order valence-corrected chi connectivity index (χ3v) is 3.98. The van der Waals surface area contributed by atoms with Gasteiger partial charge >= 0.3 is 0 Å². The van der Waals surface area contributed by atoms with Crippen LogP contribution in [0.25, 0.3) is 10.9 Å². The van der Waals surface area contributed by atoms with Gasteiger partial charge in [-0.25, -0.2) is 0 Å². The number of carbonyl (C=O) groups is 2. The Kier molecular flexibility index (Phi) is 4.33. The first kappa shape index (κ1) is 15.8. The first-order valence-corrected chi connectivity index (χ1v) is 7.71. The monoisotopic (exact) mass is 322 g/mol. The van der Waals surface area contributed by atoms with E-state index in [4.69, 9.17) is 0 Å². The Hall–Kier alpha value is -3.08. The summed E-state index contributed by atoms with van der Waals surface area (Å²) in [5, 5.41) is 12.7. The van der Waals surface area contributed by atoms with Crippen LogP contribution in [0.15, 0.2) is 54.7 Å². The summed E-state index contributed by atoms with van der Waals surface area (Å²) >= 11 is 0. The van der Waals surface area contributed by atoms with E-state index in [1.165, 1.54) is 0 Å². The third kappa shape index (κ3) is 3.15. The number of para-hydroxylation sites is 1. The molecule has 5 heteroatoms. The van der Waals surface area contributed by atoms with Crippen molar-refractivity contribution in [3.63, 3.8) is 0 Å². The number of amides is 1. The molecule has 0 radical (unpaired) electrons. The van der Waals surface area contributed by atoms with Crippen LogP contribution in [0.5, 0.6) is 5.75 Å². The van der Waals surface area contributed by atoms with Gasteiger partial charge in [-0.2, -0.15) is 0 Å². The molecule has 24 heavy (non-hydrogen) atoms. The van der Waals surface area contributed by atoms with Gasteiger partial charge < -0.3 is 15.0 Å². The van der Waals surface area contributed by atoms with Gasteiger partial charge in [0.15, 0.2) is 0 Å². The summed E-state index contributed by atoms with van der Waals surface area (Å²) in [6.45, 7) is 0.361. The molecule has 0 aliphatic carbocycles. The van der Waals surface area contributed by atoms with Crippen molar-refractivity contribution in [3.05, 3.63) is 65.9 Å². The predicted octanol–water partition coefficient (Wildman–Crippen LogP) is 2.43. The van der Waals surface area contributed by atoms with Crippen LogP contribution in [0.1, 0.15) is 15.9 Å². The molecule has 1 aromatic heterocycles. The smallest absolute Gasteiger partial charge is 0.292 e. The highest BCUT2D eigenvalue weighted by Gasteiger charge is 2.20. The summed E-state index contributed by atoms with van der Waals surface area (Å²) in [6, 6.07) is 14.3. The molecule has 0 aliphatic heterocycles. The standard InChI is InChI=1S/C19H18N2O3/c1-21-12-16(15-4-2-3-5-17(15)21)18(23)19(24)20-11-10-13-6-8-14(22)9-7-13/h2-9,12,22H,10-11H2,1H3,(H,20,24). The van der Waals surface area contributed by atoms with Gasteiger partial charge in [-0.3, -0.25) is 9.59 Å². The zero-order chi connectivity index (χ0) is 17.1. The first-order chi connectivity index (χ1) is 11.6. The number of nitrogens with one attached hydrogen (secondary N) is 1. The molecule has 1 amide bonds. The van der Waals surface area contributed by atoms with E-state index in [0.717, 1.165) is 16.5 Å². The maximum atomic E-state index is 12.4. The average Bonchev–Trinajstić information content (AvgIpc) is 2.93. The predicted molar refractivity (Wildman–Crippen MR) is 92.1 cm³/mol. The Bertz CT molecular complexity index is 895. The molecule has 0 spiro atoms. The Labute approximate surface area is 139 Å². The quantitative estimate of drug-likeness (QED) is 0.560. The Morgan fingerprint density at radius 3 is 2.54 bits per heavy atom. The van der Waals surface area contributed by atoms with E-state index in [1.54, 1.807) is 30.5 Å². The van der Waals surface area contributed by atoms with Crippen LogP contribution in [0.4, 0.5) is 0 Å². The minimum Gasteiger partial charge on any atom is -0.508 e. The number of ketones is 1. The van der Waals surface area contributed by atoms with Gasteiger partial charge in [0.05, 0.1) is 5.56 Å². The number of rotatable bonds is 5. The molecule has 0 atom stereocenters. The van der Waals surface area contributed by atoms with Crippen LogP contribution in [0, 0.1) is 0 Å². The second-order valence-electron chi connectivity index (χ2n) is 5.67. The van der Waals surface area contributed by atoms with Crippen LogP contribution in [-0.2, 0) is 18.3 Å². The van der Waals surface area contributed by atoms with E-state index < -0.39 is 11.7 Å². The van der Waals surface area contributed by atoms with Gasteiger partial charge in [0.25, 0.3) is 11.7 Å². The molecule has 5 nitrogen and oxygen atoms in total. The van der Waals surface area contributed by atoms with Gasteiger partial charge in [0.1, 0.15) is 5.75 Å². The topological polar surface area (TPSA) is 71.3 Å². The van der Waals surface area contributed by atoms with Crippen molar-refractivity contribution in [2.75, 3.05) is 6.54 Å². The van der Waals surface area contributed by atoms with E-state index in [0.29, 0.717) is 18.5 Å². The van der Waals surface area contributed by atoms with Crippen molar-refractivity contribution in [1.82, 2.24) is 9.88 Å². The number of benzene rings is 2. The second-order valence-corrected chi connectivity index (χ2v) is 5.67. The highest BCUT2D eigenvalue weighted by molar-refractivity contribution is 6.45. The van der Waals surface area contributed by atoms with Crippen molar-refractivity contribution < 1.29 is 14.7 Å². The molecule has 0 bridgehead atoms. The number of aryl methyl sites for hydroxylation is 1. The number of fused-ring (bicyclic) bond motifs is 1. The zero-order valence-electron chi connectivity index (χ0n) is 13.3. The molecule has 0 unspecified atom stereocenters. The second kappa shape index (κ2) is 6.58. The Morgan fingerprint density at radius 1 is 1.08 bits per heavy atom. The fourth-order valence-electron chi connectivity index (χ4n) is 2.71. The van der Waals surface area contributed by atoms with Crippen molar-refractivity contribution in [2.45, 2.75) is 6.42 Å². The van der Waals surface area contributed by atoms with Gasteiger partial charge in [-0.15, -0.1) is 0 Å². The van der Waals surface area contributed by atoms with Crippen molar-refractivity contribution in [1.29, 1.82) is 0 Å². The van der Waals surface area contributed by atoms with Crippen molar-refractivity contribution >= 4 is 22.6 Å². The van der Waals surface area contributed by atoms with E-state index in [2.05, 4.69) is 5.32 Å². The lowest BCUT2D eigenvalue weighted by molar-refractivity contribution is -0.116. The van der Waals surface area contributed by atoms with Crippen LogP contribution >= 0.6 is 0 Å². The van der Waals surface area contributed by atoms with Crippen LogP contribution in [0.3, 0.4) is 0 Å². The number of aromatic hydroxyl groups is 1. The maximum Gasteiger partial charge on any atom is 0.292 e. The van der Waals surface area contributed by atoms with Gasteiger partial charge in [0, 0.05) is 30.7 Å². The number of hydrogen-bond acceptors (Lipinski definition) is 3. The maximum absolute atomic E-state index is 12.4. The first-order valence-electron chi connectivity index (χ1n) is 7.71. The summed E-state index contributed by atoms with van der Waals surface area (Å²) in [4.78, 5) is 24.5. The number of aromatic nitrogens is 1. The van der Waals surface area contributed by atoms with Gasteiger partial charge in [0.2, 0.25) is 0 Å². The molecule has 3 aromatic rings. The molecule has 1 heterocycles. The molecule has 2 aromatic carbocycles. The minimum atomic E-state index is -0.606. The highest BCUT2D eigenvalue weighted by Crippen LogP contribution is 2.20. The fraction of sp³-hybridized carbons (Fsp3) is 0.158. The third-order valence-electron chi connectivity index (χ3n) is 3.98. The molecule has 0 aliphatic rings. The molecule has 122 valence electrons. The number of Topliss-reactive ketones (excluding diaryl/α,β-unsaturated/α-hetero) is 1. The van der Waals surface area contributed by atoms with E-state index >= 15 is 0 Å². The Morgan fingerprint density at radius 2 is 1.79 bits per heavy atom. The zero-order valence-corrected chi connectivity index (χ0v) is 13.3. The molecule has 0 saturated heterocycles. The Balaban J connectivity index is 1.66. The van der Waals surface area contributed by atoms with Crippen LogP contribution in [-0.4, -0.2) is 27.9 Å². The summed E-state index contributed by atoms with van der Waals surface area (Å²) in [7, 11) is 1.85. The fourth-order valence-corrected chi connectivity index (χ4v) is 2.71. The number of nitrogens with zero attached hydrogens (tertiary/aromatic N) is 1. The lowest BCUT2D eigenvalue weighted by Crippen LogP contribution is -2.32. The lowest BCUT2D eigenvalue weighted by Gasteiger charge is -2.04. The summed E-state index contributed by atoms with van der Waals surface area (Å²) in [5.74, 6) is -0.934. The molecule has 0 fully saturated rings. The minimum absolute atomic E-state index is 0.203. The normalized spacial score (nSPS) is 10.7. The van der Waals surface area contributed by atoms with Crippen LogP contribution < -0.4 is 5.32 Å². The molecule has 3 rings (SSSR count). The van der Waals surface area contributed by atoms with Crippen molar-refractivity contribution in [3.8, 4) is 5.75 Å². The van der Waals surface area contributed by atoms with Crippen molar-refractivity contribution in [2.24, 2.45) is 7.05 Å². The molecular formula is C19H18N2O3. The van der Waals surface area contributed by atoms with Gasteiger partial charge in [-0.05, 0) is 30.2 Å². The summed E-state index contributed by atoms with van der Waals surface area (Å²) < 4.78 is 1.84. The average molecular weight is 322 g/mol. The molecular weight excluding hydrogens is 304 g/mol. The lowest BCUT2D eigenvalue weighted by atomic mass is 10.1. The number of phenols is 1. The SMILES string of the molecule is Cn1cc(C(=O)C(=O)NCCc2ccc(O)cc2)c2ccccc21. The summed E-state index contributed by atoms with van der Waals surface area (Å²) in [5.41, 5.74) is 2.30. The highest BCUT2D eigenvalue weighted by atomic mass is 16.3. The molecule has 2 N–H and O–H groups in total. The largest absolute Gasteiger partial charge is 0.508 e. The van der Waals surface area contributed by atoms with E-state index in [-0.39, 0.29) is 5.75 Å². The van der Waals surface area contributed by atoms with E-state index in [9.17, 15) is 14.7 Å².